The summed E-state index contributed by atoms with van der Waals surface area (Å²) in [6, 6.07) is 16.8. The molecule has 0 aliphatic rings. The maximum atomic E-state index is 11.9. The van der Waals surface area contributed by atoms with Gasteiger partial charge in [-0.15, -0.1) is 0 Å². The summed E-state index contributed by atoms with van der Waals surface area (Å²) in [6.45, 7) is 3.80. The summed E-state index contributed by atoms with van der Waals surface area (Å²) in [5.41, 5.74) is 3.67. The van der Waals surface area contributed by atoms with Crippen molar-refractivity contribution in [2.24, 2.45) is 0 Å². The quantitative estimate of drug-likeness (QED) is 0.551. The van der Waals surface area contributed by atoms with Crippen molar-refractivity contribution >= 4 is 34.2 Å². The normalized spacial score (nSPS) is 11.8. The zero-order chi connectivity index (χ0) is 18.5. The van der Waals surface area contributed by atoms with E-state index in [9.17, 15) is 4.79 Å². The van der Waals surface area contributed by atoms with Gasteiger partial charge in [0, 0.05) is 5.56 Å². The third-order valence-corrected chi connectivity index (χ3v) is 4.13. The van der Waals surface area contributed by atoms with Gasteiger partial charge in [0.2, 0.25) is 0 Å². The Hall–Kier alpha value is -2.86. The van der Waals surface area contributed by atoms with Gasteiger partial charge in [-0.25, -0.2) is 14.8 Å². The van der Waals surface area contributed by atoms with Gasteiger partial charge >= 0.3 is 5.97 Å². The first-order chi connectivity index (χ1) is 12.6. The van der Waals surface area contributed by atoms with Crippen LogP contribution < -0.4 is 5.32 Å². The van der Waals surface area contributed by atoms with E-state index in [-0.39, 0.29) is 5.97 Å². The third-order valence-electron chi connectivity index (χ3n) is 3.82. The highest BCUT2D eigenvalue weighted by Crippen LogP contribution is 2.23. The molecule has 0 saturated heterocycles. The number of rotatable bonds is 5. The molecule has 0 unspecified atom stereocenters. The minimum Gasteiger partial charge on any atom is -0.464 e. The minimum absolute atomic E-state index is 0.322. The number of ether oxygens (including phenoxy) is 1. The molecule has 0 aliphatic carbocycles. The van der Waals surface area contributed by atoms with E-state index in [2.05, 4.69) is 5.32 Å². The molecule has 0 bridgehead atoms. The topological polar surface area (TPSA) is 64.1 Å². The summed E-state index contributed by atoms with van der Waals surface area (Å²) in [5, 5.41) is 3.01. The molecule has 1 aromatic heterocycles. The number of carbonyl (C=O) groups is 1. The molecule has 0 amide bonds. The summed E-state index contributed by atoms with van der Waals surface area (Å²) in [7, 11) is 0. The van der Waals surface area contributed by atoms with Gasteiger partial charge in [0.05, 0.1) is 23.3 Å². The molecular formula is C20H19N3O2S. The molecule has 0 aliphatic heterocycles. The van der Waals surface area contributed by atoms with E-state index >= 15 is 0 Å². The van der Waals surface area contributed by atoms with Gasteiger partial charge in [0.1, 0.15) is 16.7 Å². The van der Waals surface area contributed by atoms with Crippen LogP contribution in [-0.2, 0) is 9.53 Å². The van der Waals surface area contributed by atoms with E-state index in [0.717, 1.165) is 16.6 Å². The second-order valence-electron chi connectivity index (χ2n) is 5.72. The Balaban J connectivity index is 2.03. The fraction of sp³-hybridized carbons (Fsp3) is 0.200. The molecular weight excluding hydrogens is 346 g/mol. The predicted octanol–water partition coefficient (Wildman–Crippen LogP) is 3.51. The first kappa shape index (κ1) is 17.9. The number of esters is 1. The first-order valence-corrected chi connectivity index (χ1v) is 8.80. The SMILES string of the molecule is CCOC(=O)[C@H](C)NC(=S)c1nc2ccccc2nc1-c1ccccc1. The molecule has 2 aromatic carbocycles. The van der Waals surface area contributed by atoms with Gasteiger partial charge in [-0.3, -0.25) is 0 Å². The highest BCUT2D eigenvalue weighted by atomic mass is 32.1. The third kappa shape index (κ3) is 3.86. The summed E-state index contributed by atoms with van der Waals surface area (Å²) >= 11 is 5.53. The smallest absolute Gasteiger partial charge is 0.328 e. The van der Waals surface area contributed by atoms with Crippen molar-refractivity contribution < 1.29 is 9.53 Å². The standard InChI is InChI=1S/C20H19N3O2S/c1-3-25-20(24)13(2)21-19(26)18-17(14-9-5-4-6-10-14)22-15-11-7-8-12-16(15)23-18/h4-13H,3H2,1-2H3,(H,21,26)/t13-/m0/s1. The Morgan fingerprint density at radius 3 is 2.35 bits per heavy atom. The van der Waals surface area contributed by atoms with Crippen LogP contribution in [0.4, 0.5) is 0 Å². The highest BCUT2D eigenvalue weighted by molar-refractivity contribution is 7.80. The number of nitrogens with one attached hydrogen (secondary N) is 1. The second kappa shape index (κ2) is 8.01. The van der Waals surface area contributed by atoms with Crippen LogP contribution in [0.1, 0.15) is 19.5 Å². The van der Waals surface area contributed by atoms with Crippen LogP contribution in [0, 0.1) is 0 Å². The first-order valence-electron chi connectivity index (χ1n) is 8.40. The Morgan fingerprint density at radius 2 is 1.69 bits per heavy atom. The number of nitrogens with zero attached hydrogens (tertiary/aromatic N) is 2. The molecule has 1 atom stereocenters. The Bertz CT molecular complexity index is 944. The lowest BCUT2D eigenvalue weighted by atomic mass is 10.1. The maximum Gasteiger partial charge on any atom is 0.328 e. The van der Waals surface area contributed by atoms with Gasteiger partial charge in [-0.2, -0.15) is 0 Å². The Kier molecular flexibility index (Phi) is 5.53. The summed E-state index contributed by atoms with van der Waals surface area (Å²) in [6.07, 6.45) is 0. The minimum atomic E-state index is -0.570. The molecule has 1 N–H and O–H groups in total. The van der Waals surface area contributed by atoms with Crippen LogP contribution in [-0.4, -0.2) is 33.6 Å². The number of para-hydroxylation sites is 2. The van der Waals surface area contributed by atoms with E-state index < -0.39 is 6.04 Å². The van der Waals surface area contributed by atoms with Crippen molar-refractivity contribution in [1.29, 1.82) is 0 Å². The van der Waals surface area contributed by atoms with Crippen molar-refractivity contribution in [3.63, 3.8) is 0 Å². The molecule has 6 heteroatoms. The molecule has 5 nitrogen and oxygen atoms in total. The number of benzene rings is 2. The van der Waals surface area contributed by atoms with Gasteiger partial charge in [0.25, 0.3) is 0 Å². The Morgan fingerprint density at radius 1 is 1.08 bits per heavy atom. The maximum absolute atomic E-state index is 11.9. The van der Waals surface area contributed by atoms with Crippen molar-refractivity contribution in [2.45, 2.75) is 19.9 Å². The number of hydrogen-bond acceptors (Lipinski definition) is 5. The Labute approximate surface area is 157 Å². The van der Waals surface area contributed by atoms with E-state index in [4.69, 9.17) is 26.9 Å². The molecule has 0 radical (unpaired) electrons. The monoisotopic (exact) mass is 365 g/mol. The van der Waals surface area contributed by atoms with Crippen LogP contribution in [0.3, 0.4) is 0 Å². The predicted molar refractivity (Wildman–Crippen MR) is 106 cm³/mol. The fourth-order valence-corrected chi connectivity index (χ4v) is 2.87. The number of thiocarbonyl (C=S) groups is 1. The number of fused-ring (bicyclic) bond motifs is 1. The van der Waals surface area contributed by atoms with E-state index in [0.29, 0.717) is 23.0 Å². The van der Waals surface area contributed by atoms with Gasteiger partial charge in [-0.05, 0) is 26.0 Å². The van der Waals surface area contributed by atoms with Crippen LogP contribution in [0.15, 0.2) is 54.6 Å². The van der Waals surface area contributed by atoms with Crippen LogP contribution in [0.2, 0.25) is 0 Å². The molecule has 132 valence electrons. The van der Waals surface area contributed by atoms with Crippen LogP contribution in [0.25, 0.3) is 22.3 Å². The van der Waals surface area contributed by atoms with E-state index in [1.807, 2.05) is 54.6 Å². The van der Waals surface area contributed by atoms with Crippen molar-refractivity contribution in [3.8, 4) is 11.3 Å². The summed E-state index contributed by atoms with van der Waals surface area (Å²) in [5.74, 6) is -0.357. The van der Waals surface area contributed by atoms with Gasteiger partial charge in [-0.1, -0.05) is 54.7 Å². The van der Waals surface area contributed by atoms with Crippen LogP contribution in [0.5, 0.6) is 0 Å². The highest BCUT2D eigenvalue weighted by Gasteiger charge is 2.20. The van der Waals surface area contributed by atoms with Crippen molar-refractivity contribution in [2.75, 3.05) is 6.61 Å². The van der Waals surface area contributed by atoms with Crippen LogP contribution >= 0.6 is 12.2 Å². The van der Waals surface area contributed by atoms with Crippen molar-refractivity contribution in [3.05, 3.63) is 60.3 Å². The van der Waals surface area contributed by atoms with E-state index in [1.165, 1.54) is 0 Å². The molecule has 3 rings (SSSR count). The lowest BCUT2D eigenvalue weighted by molar-refractivity contribution is -0.144. The largest absolute Gasteiger partial charge is 0.464 e. The van der Waals surface area contributed by atoms with Gasteiger partial charge in [0.15, 0.2) is 0 Å². The molecule has 3 aromatic rings. The summed E-state index contributed by atoms with van der Waals surface area (Å²) < 4.78 is 5.03. The lowest BCUT2D eigenvalue weighted by Gasteiger charge is -2.16. The summed E-state index contributed by atoms with van der Waals surface area (Å²) in [4.78, 5) is 21.7. The zero-order valence-corrected chi connectivity index (χ0v) is 15.4. The number of hydrogen-bond donors (Lipinski definition) is 1. The lowest BCUT2D eigenvalue weighted by Crippen LogP contribution is -2.39. The molecule has 0 spiro atoms. The average Bonchev–Trinajstić information content (AvgIpc) is 2.67. The second-order valence-corrected chi connectivity index (χ2v) is 6.13. The zero-order valence-electron chi connectivity index (χ0n) is 14.6. The van der Waals surface area contributed by atoms with Gasteiger partial charge < -0.3 is 10.1 Å². The van der Waals surface area contributed by atoms with E-state index in [1.54, 1.807) is 13.8 Å². The molecule has 1 heterocycles. The number of aromatic nitrogens is 2. The fourth-order valence-electron chi connectivity index (χ4n) is 2.55. The average molecular weight is 365 g/mol. The molecule has 26 heavy (non-hydrogen) atoms. The molecule has 0 saturated carbocycles. The van der Waals surface area contributed by atoms with Crippen molar-refractivity contribution in [1.82, 2.24) is 15.3 Å². The molecule has 0 fully saturated rings. The number of carbonyl (C=O) groups excluding carboxylic acids is 1.